The van der Waals surface area contributed by atoms with Gasteiger partial charge >= 0.3 is 0 Å². The van der Waals surface area contributed by atoms with Crippen LogP contribution in [0.15, 0.2) is 22.7 Å². The average Bonchev–Trinajstić information content (AvgIpc) is 3.14. The topological polar surface area (TPSA) is 55.1 Å². The first-order valence-corrected chi connectivity index (χ1v) is 8.94. The summed E-state index contributed by atoms with van der Waals surface area (Å²) in [6, 6.07) is 5.94. The fraction of sp³-hybridized carbons (Fsp3) is 0.438. The zero-order chi connectivity index (χ0) is 15.8. The molecule has 1 fully saturated rings. The van der Waals surface area contributed by atoms with Gasteiger partial charge < -0.3 is 4.52 Å². The quantitative estimate of drug-likeness (QED) is 0.715. The summed E-state index contributed by atoms with van der Waals surface area (Å²) in [5.41, 5.74) is 1.02. The van der Waals surface area contributed by atoms with Crippen LogP contribution in [0.25, 0.3) is 10.2 Å². The lowest BCUT2D eigenvalue weighted by Gasteiger charge is -2.29. The van der Waals surface area contributed by atoms with Gasteiger partial charge in [0.15, 0.2) is 5.82 Å². The van der Waals surface area contributed by atoms with E-state index in [-0.39, 0.29) is 0 Å². The lowest BCUT2D eigenvalue weighted by molar-refractivity contribution is 0.181. The van der Waals surface area contributed by atoms with E-state index in [0.717, 1.165) is 43.0 Å². The Hall–Kier alpha value is -1.50. The van der Waals surface area contributed by atoms with Crippen molar-refractivity contribution in [1.82, 2.24) is 20.0 Å². The van der Waals surface area contributed by atoms with E-state index in [9.17, 15) is 0 Å². The standard InChI is InChI=1S/C16H17ClN4OS/c1-10-18-15(22-20-10)9-21-6-4-11(5-7-21)16-19-13-8-12(17)2-3-14(13)23-16/h2-3,8,11H,4-7,9H2,1H3. The van der Waals surface area contributed by atoms with Crippen LogP contribution in [0.3, 0.4) is 0 Å². The van der Waals surface area contributed by atoms with Gasteiger partial charge in [0.05, 0.1) is 21.8 Å². The van der Waals surface area contributed by atoms with Crippen molar-refractivity contribution in [1.29, 1.82) is 0 Å². The number of piperidine rings is 1. The molecule has 2 aromatic heterocycles. The minimum atomic E-state index is 0.534. The molecule has 3 aromatic rings. The number of hydrogen-bond donors (Lipinski definition) is 0. The van der Waals surface area contributed by atoms with Gasteiger partial charge in [0.2, 0.25) is 5.89 Å². The fourth-order valence-corrected chi connectivity index (χ4v) is 4.31. The molecule has 0 unspecified atom stereocenters. The predicted octanol–water partition coefficient (Wildman–Crippen LogP) is 4.02. The Morgan fingerprint density at radius 2 is 2.13 bits per heavy atom. The molecule has 7 heteroatoms. The zero-order valence-corrected chi connectivity index (χ0v) is 14.4. The van der Waals surface area contributed by atoms with E-state index < -0.39 is 0 Å². The maximum absolute atomic E-state index is 6.05. The molecule has 1 saturated heterocycles. The van der Waals surface area contributed by atoms with Crippen LogP contribution in [-0.2, 0) is 6.54 Å². The Balaban J connectivity index is 1.42. The van der Waals surface area contributed by atoms with Gasteiger partial charge in [0.25, 0.3) is 0 Å². The second-order valence-corrected chi connectivity index (χ2v) is 7.45. The lowest BCUT2D eigenvalue weighted by Crippen LogP contribution is -2.32. The molecule has 1 aliphatic rings. The van der Waals surface area contributed by atoms with Crippen molar-refractivity contribution in [2.24, 2.45) is 0 Å². The Bertz CT molecular complexity index is 822. The van der Waals surface area contributed by atoms with E-state index in [4.69, 9.17) is 21.1 Å². The molecule has 0 radical (unpaired) electrons. The first-order chi connectivity index (χ1) is 11.2. The monoisotopic (exact) mass is 348 g/mol. The summed E-state index contributed by atoms with van der Waals surface area (Å²) in [4.78, 5) is 11.4. The molecular weight excluding hydrogens is 332 g/mol. The molecule has 0 amide bonds. The van der Waals surface area contributed by atoms with Crippen LogP contribution >= 0.6 is 22.9 Å². The number of hydrogen-bond acceptors (Lipinski definition) is 6. The predicted molar refractivity (Wildman–Crippen MR) is 90.9 cm³/mol. The average molecular weight is 349 g/mol. The van der Waals surface area contributed by atoms with E-state index in [0.29, 0.717) is 17.6 Å². The number of rotatable bonds is 3. The van der Waals surface area contributed by atoms with Crippen molar-refractivity contribution in [3.05, 3.63) is 39.9 Å². The summed E-state index contributed by atoms with van der Waals surface area (Å²) in [5.74, 6) is 1.94. The van der Waals surface area contributed by atoms with Gasteiger partial charge in [-0.05, 0) is 51.1 Å². The van der Waals surface area contributed by atoms with Crippen LogP contribution in [0.4, 0.5) is 0 Å². The van der Waals surface area contributed by atoms with E-state index in [1.165, 1.54) is 9.71 Å². The molecule has 0 bridgehead atoms. The van der Waals surface area contributed by atoms with Crippen molar-refractivity contribution in [2.45, 2.75) is 32.2 Å². The normalized spacial score (nSPS) is 17.1. The van der Waals surface area contributed by atoms with Gasteiger partial charge in [-0.15, -0.1) is 11.3 Å². The molecule has 5 nitrogen and oxygen atoms in total. The molecule has 0 spiro atoms. The summed E-state index contributed by atoms with van der Waals surface area (Å²) in [7, 11) is 0. The molecular formula is C16H17ClN4OS. The summed E-state index contributed by atoms with van der Waals surface area (Å²) < 4.78 is 6.42. The molecule has 1 aromatic carbocycles. The Kier molecular flexibility index (Phi) is 4.05. The van der Waals surface area contributed by atoms with Gasteiger partial charge in [-0.1, -0.05) is 16.8 Å². The SMILES string of the molecule is Cc1noc(CN2CCC(c3nc4cc(Cl)ccc4s3)CC2)n1. The van der Waals surface area contributed by atoms with E-state index in [1.54, 1.807) is 11.3 Å². The van der Waals surface area contributed by atoms with Gasteiger partial charge in [-0.25, -0.2) is 4.98 Å². The van der Waals surface area contributed by atoms with Gasteiger partial charge in [-0.2, -0.15) is 4.98 Å². The third-order valence-corrected chi connectivity index (χ3v) is 5.67. The van der Waals surface area contributed by atoms with Gasteiger partial charge in [0.1, 0.15) is 0 Å². The highest BCUT2D eigenvalue weighted by atomic mass is 35.5. The maximum Gasteiger partial charge on any atom is 0.240 e. The van der Waals surface area contributed by atoms with E-state index in [2.05, 4.69) is 21.1 Å². The van der Waals surface area contributed by atoms with Crippen LogP contribution in [0.2, 0.25) is 5.02 Å². The van der Waals surface area contributed by atoms with Crippen LogP contribution < -0.4 is 0 Å². The molecule has 120 valence electrons. The second kappa shape index (κ2) is 6.19. The summed E-state index contributed by atoms with van der Waals surface area (Å²) >= 11 is 7.84. The summed E-state index contributed by atoms with van der Waals surface area (Å²) in [6.45, 7) is 4.65. The second-order valence-electron chi connectivity index (χ2n) is 5.95. The molecule has 0 aliphatic carbocycles. The third kappa shape index (κ3) is 3.24. The summed E-state index contributed by atoms with van der Waals surface area (Å²) in [5, 5.41) is 5.83. The number of thiazole rings is 1. The first kappa shape index (κ1) is 15.1. The Labute approximate surface area is 143 Å². The van der Waals surface area contributed by atoms with Gasteiger partial charge in [-0.3, -0.25) is 4.90 Å². The third-order valence-electron chi connectivity index (χ3n) is 4.23. The molecule has 1 aliphatic heterocycles. The molecule has 3 heterocycles. The van der Waals surface area contributed by atoms with Crippen LogP contribution in [0.1, 0.15) is 35.5 Å². The minimum absolute atomic E-state index is 0.534. The highest BCUT2D eigenvalue weighted by Crippen LogP contribution is 2.34. The molecule has 23 heavy (non-hydrogen) atoms. The smallest absolute Gasteiger partial charge is 0.240 e. The fourth-order valence-electron chi connectivity index (χ4n) is 3.03. The van der Waals surface area contributed by atoms with Crippen molar-refractivity contribution in [3.63, 3.8) is 0 Å². The largest absolute Gasteiger partial charge is 0.338 e. The molecule has 0 saturated carbocycles. The number of aromatic nitrogens is 3. The highest BCUT2D eigenvalue weighted by molar-refractivity contribution is 7.18. The van der Waals surface area contributed by atoms with Gasteiger partial charge in [0, 0.05) is 10.9 Å². The number of likely N-dealkylation sites (tertiary alicyclic amines) is 1. The maximum atomic E-state index is 6.05. The van der Waals surface area contributed by atoms with Crippen molar-refractivity contribution in [3.8, 4) is 0 Å². The Morgan fingerprint density at radius 3 is 2.87 bits per heavy atom. The lowest BCUT2D eigenvalue weighted by atomic mass is 9.97. The van der Waals surface area contributed by atoms with Crippen molar-refractivity contribution in [2.75, 3.05) is 13.1 Å². The van der Waals surface area contributed by atoms with Crippen LogP contribution in [-0.4, -0.2) is 33.1 Å². The van der Waals surface area contributed by atoms with Crippen molar-refractivity contribution < 1.29 is 4.52 Å². The van der Waals surface area contributed by atoms with E-state index in [1.807, 2.05) is 19.1 Å². The highest BCUT2D eigenvalue weighted by Gasteiger charge is 2.24. The Morgan fingerprint density at radius 1 is 1.30 bits per heavy atom. The van der Waals surface area contributed by atoms with Crippen LogP contribution in [0.5, 0.6) is 0 Å². The van der Waals surface area contributed by atoms with Crippen LogP contribution in [0, 0.1) is 6.92 Å². The number of halogens is 1. The number of fused-ring (bicyclic) bond motifs is 1. The molecule has 4 rings (SSSR count). The number of benzene rings is 1. The summed E-state index contributed by atoms with van der Waals surface area (Å²) in [6.07, 6.45) is 2.22. The van der Waals surface area contributed by atoms with Crippen molar-refractivity contribution >= 4 is 33.2 Å². The minimum Gasteiger partial charge on any atom is -0.338 e. The molecule has 0 N–H and O–H groups in total. The number of nitrogens with zero attached hydrogens (tertiary/aromatic N) is 4. The zero-order valence-electron chi connectivity index (χ0n) is 12.8. The van der Waals surface area contributed by atoms with E-state index >= 15 is 0 Å². The first-order valence-electron chi connectivity index (χ1n) is 7.75. The molecule has 0 atom stereocenters. The number of aryl methyl sites for hydroxylation is 1.